The molecule has 1 aromatic carbocycles. The lowest BCUT2D eigenvalue weighted by Crippen LogP contribution is -2.44. The molecule has 4 rings (SSSR count). The topological polar surface area (TPSA) is 69.7 Å². The van der Waals surface area contributed by atoms with Crippen LogP contribution in [0.2, 0.25) is 5.02 Å². The van der Waals surface area contributed by atoms with E-state index in [1.54, 1.807) is 11.0 Å². The van der Waals surface area contributed by atoms with Gasteiger partial charge in [0.05, 0.1) is 0 Å². The molecule has 1 N–H and O–H groups in total. The van der Waals surface area contributed by atoms with Crippen LogP contribution >= 0.6 is 11.6 Å². The lowest BCUT2D eigenvalue weighted by atomic mass is 9.97. The van der Waals surface area contributed by atoms with Crippen LogP contribution in [0.25, 0.3) is 0 Å². The number of halogens is 1. The highest BCUT2D eigenvalue weighted by Crippen LogP contribution is 2.36. The van der Waals surface area contributed by atoms with Gasteiger partial charge in [0, 0.05) is 37.0 Å². The van der Waals surface area contributed by atoms with Gasteiger partial charge in [-0.1, -0.05) is 36.6 Å². The summed E-state index contributed by atoms with van der Waals surface area (Å²) in [6.07, 6.45) is 3.74. The Morgan fingerprint density at radius 3 is 2.69 bits per heavy atom. The maximum atomic E-state index is 12.7. The normalized spacial score (nSPS) is 24.8. The van der Waals surface area contributed by atoms with Gasteiger partial charge in [-0.25, -0.2) is 4.79 Å². The summed E-state index contributed by atoms with van der Waals surface area (Å²) in [4.78, 5) is 40.5. The fraction of sp³-hybridized carbons (Fsp3) is 0.526. The lowest BCUT2D eigenvalue weighted by Gasteiger charge is -2.22. The van der Waals surface area contributed by atoms with Crippen LogP contribution in [0, 0.1) is 5.92 Å². The first kappa shape index (κ1) is 17.3. The average Bonchev–Trinajstić information content (AvgIpc) is 3.25. The number of carbonyl (C=O) groups is 3. The van der Waals surface area contributed by atoms with E-state index in [1.807, 2.05) is 18.2 Å². The number of nitrogens with one attached hydrogen (secondary N) is 1. The monoisotopic (exact) mass is 375 g/mol. The van der Waals surface area contributed by atoms with Crippen molar-refractivity contribution in [3.63, 3.8) is 0 Å². The van der Waals surface area contributed by atoms with Crippen LogP contribution in [-0.4, -0.2) is 46.3 Å². The highest BCUT2D eigenvalue weighted by molar-refractivity contribution is 6.30. The Bertz CT molecular complexity index is 760. The Labute approximate surface area is 157 Å². The van der Waals surface area contributed by atoms with Crippen LogP contribution in [0.1, 0.15) is 37.7 Å². The molecular formula is C19H22ClN3O3. The molecule has 1 unspecified atom stereocenters. The molecule has 3 aliphatic rings. The number of amides is 4. The number of imide groups is 1. The van der Waals surface area contributed by atoms with Gasteiger partial charge in [0.2, 0.25) is 5.91 Å². The Hall–Kier alpha value is -2.08. The fourth-order valence-corrected chi connectivity index (χ4v) is 4.62. The van der Waals surface area contributed by atoms with Crippen molar-refractivity contribution >= 4 is 29.4 Å². The summed E-state index contributed by atoms with van der Waals surface area (Å²) in [5.74, 6) is -0.0775. The van der Waals surface area contributed by atoms with Gasteiger partial charge in [-0.15, -0.1) is 0 Å². The van der Waals surface area contributed by atoms with Crippen LogP contribution in [0.3, 0.4) is 0 Å². The first-order chi connectivity index (χ1) is 12.5. The Balaban J connectivity index is 1.40. The molecule has 2 heterocycles. The first-order valence-corrected chi connectivity index (χ1v) is 9.51. The molecule has 1 aromatic rings. The van der Waals surface area contributed by atoms with E-state index < -0.39 is 5.54 Å². The Kier molecular flexibility index (Phi) is 4.39. The quantitative estimate of drug-likeness (QED) is 0.822. The molecule has 1 saturated carbocycles. The fourth-order valence-electron chi connectivity index (χ4n) is 4.40. The van der Waals surface area contributed by atoms with Crippen molar-refractivity contribution in [2.24, 2.45) is 5.92 Å². The summed E-state index contributed by atoms with van der Waals surface area (Å²) in [5.41, 5.74) is 0.298. The van der Waals surface area contributed by atoms with E-state index in [4.69, 9.17) is 11.6 Å². The molecule has 1 aliphatic carbocycles. The zero-order valence-corrected chi connectivity index (χ0v) is 15.3. The Morgan fingerprint density at radius 2 is 1.96 bits per heavy atom. The minimum Gasteiger partial charge on any atom is -0.338 e. The van der Waals surface area contributed by atoms with Crippen molar-refractivity contribution in [3.8, 4) is 0 Å². The molecule has 0 radical (unpaired) electrons. The number of rotatable bonds is 4. The molecule has 0 bridgehead atoms. The Morgan fingerprint density at radius 1 is 1.19 bits per heavy atom. The van der Waals surface area contributed by atoms with Crippen LogP contribution in [0.4, 0.5) is 4.79 Å². The molecule has 4 amide bonds. The number of likely N-dealkylation sites (tertiary alicyclic amines) is 1. The molecular weight excluding hydrogens is 354 g/mol. The molecule has 26 heavy (non-hydrogen) atoms. The van der Waals surface area contributed by atoms with Gasteiger partial charge in [0.1, 0.15) is 5.54 Å². The second kappa shape index (κ2) is 6.58. The maximum Gasteiger partial charge on any atom is 0.325 e. The van der Waals surface area contributed by atoms with Gasteiger partial charge in [-0.05, 0) is 30.5 Å². The number of benzene rings is 1. The average molecular weight is 376 g/mol. The third kappa shape index (κ3) is 3.07. The largest absolute Gasteiger partial charge is 0.338 e. The SMILES string of the molecule is O=C1CC(CN2C(=O)NC3(CCCC3)C2=O)CN1Cc1cccc(Cl)c1. The predicted molar refractivity (Wildman–Crippen MR) is 96.4 cm³/mol. The lowest BCUT2D eigenvalue weighted by molar-refractivity contribution is -0.132. The van der Waals surface area contributed by atoms with E-state index in [-0.39, 0.29) is 23.8 Å². The second-order valence-electron chi connectivity index (χ2n) is 7.61. The third-order valence-corrected chi connectivity index (χ3v) is 5.94. The van der Waals surface area contributed by atoms with Crippen molar-refractivity contribution in [1.82, 2.24) is 15.1 Å². The molecule has 2 saturated heterocycles. The molecule has 2 aliphatic heterocycles. The minimum atomic E-state index is -0.680. The highest BCUT2D eigenvalue weighted by Gasteiger charge is 2.53. The summed E-state index contributed by atoms with van der Waals surface area (Å²) in [6.45, 7) is 1.36. The van der Waals surface area contributed by atoms with Crippen molar-refractivity contribution in [2.45, 2.75) is 44.2 Å². The molecule has 7 heteroatoms. The van der Waals surface area contributed by atoms with E-state index in [2.05, 4.69) is 5.32 Å². The predicted octanol–water partition coefficient (Wildman–Crippen LogP) is 2.55. The number of nitrogens with zero attached hydrogens (tertiary/aromatic N) is 2. The van der Waals surface area contributed by atoms with E-state index in [1.165, 1.54) is 4.90 Å². The van der Waals surface area contributed by atoms with Crippen LogP contribution in [0.5, 0.6) is 0 Å². The van der Waals surface area contributed by atoms with Gasteiger partial charge < -0.3 is 10.2 Å². The van der Waals surface area contributed by atoms with Gasteiger partial charge in [-0.2, -0.15) is 0 Å². The van der Waals surface area contributed by atoms with Crippen LogP contribution < -0.4 is 5.32 Å². The third-order valence-electron chi connectivity index (χ3n) is 5.70. The number of carbonyl (C=O) groups excluding carboxylic acids is 3. The van der Waals surface area contributed by atoms with Crippen molar-refractivity contribution in [1.29, 1.82) is 0 Å². The summed E-state index contributed by atoms with van der Waals surface area (Å²) in [6, 6.07) is 7.15. The standard InChI is InChI=1S/C19H22ClN3O3/c20-15-5-3-4-13(8-15)10-22-11-14(9-16(22)24)12-23-17(25)19(21-18(23)26)6-1-2-7-19/h3-5,8,14H,1-2,6-7,9-12H2,(H,21,26). The molecule has 3 fully saturated rings. The van der Waals surface area contributed by atoms with Gasteiger partial charge in [0.15, 0.2) is 0 Å². The van der Waals surface area contributed by atoms with Gasteiger partial charge in [0.25, 0.3) is 5.91 Å². The van der Waals surface area contributed by atoms with Gasteiger partial charge in [-0.3, -0.25) is 14.5 Å². The highest BCUT2D eigenvalue weighted by atomic mass is 35.5. The summed E-state index contributed by atoms with van der Waals surface area (Å²) < 4.78 is 0. The number of hydrogen-bond donors (Lipinski definition) is 1. The molecule has 6 nitrogen and oxygen atoms in total. The van der Waals surface area contributed by atoms with Gasteiger partial charge >= 0.3 is 6.03 Å². The van der Waals surface area contributed by atoms with E-state index in [9.17, 15) is 14.4 Å². The van der Waals surface area contributed by atoms with Crippen LogP contribution in [-0.2, 0) is 16.1 Å². The van der Waals surface area contributed by atoms with Crippen molar-refractivity contribution in [2.75, 3.05) is 13.1 Å². The van der Waals surface area contributed by atoms with E-state index >= 15 is 0 Å². The number of urea groups is 1. The smallest absolute Gasteiger partial charge is 0.325 e. The van der Waals surface area contributed by atoms with Crippen molar-refractivity contribution in [3.05, 3.63) is 34.9 Å². The molecule has 138 valence electrons. The van der Waals surface area contributed by atoms with Crippen LogP contribution in [0.15, 0.2) is 24.3 Å². The number of hydrogen-bond acceptors (Lipinski definition) is 3. The first-order valence-electron chi connectivity index (χ1n) is 9.13. The molecule has 1 atom stereocenters. The minimum absolute atomic E-state index is 0.0204. The van der Waals surface area contributed by atoms with E-state index in [0.717, 1.165) is 31.2 Å². The molecule has 1 spiro atoms. The summed E-state index contributed by atoms with van der Waals surface area (Å²) in [7, 11) is 0. The maximum absolute atomic E-state index is 12.7. The van der Waals surface area contributed by atoms with Crippen molar-refractivity contribution < 1.29 is 14.4 Å². The second-order valence-corrected chi connectivity index (χ2v) is 8.05. The summed E-state index contributed by atoms with van der Waals surface area (Å²) >= 11 is 6.01. The molecule has 0 aromatic heterocycles. The zero-order valence-electron chi connectivity index (χ0n) is 14.5. The van der Waals surface area contributed by atoms with E-state index in [0.29, 0.717) is 31.1 Å². The zero-order chi connectivity index (χ0) is 18.3. The summed E-state index contributed by atoms with van der Waals surface area (Å²) in [5, 5.41) is 3.54.